The van der Waals surface area contributed by atoms with E-state index >= 15 is 0 Å². The van der Waals surface area contributed by atoms with Crippen LogP contribution in [-0.2, 0) is 0 Å². The molecule has 0 aliphatic rings. The molecule has 0 radical (unpaired) electrons. The molecule has 1 atom stereocenters. The molecule has 1 rings (SSSR count). The SMILES string of the molecule is COc1ccc(C(O)CCl)c(OC)c1. The van der Waals surface area contributed by atoms with Gasteiger partial charge in [0.15, 0.2) is 0 Å². The van der Waals surface area contributed by atoms with Gasteiger partial charge in [0.05, 0.1) is 26.2 Å². The Morgan fingerprint density at radius 1 is 1.36 bits per heavy atom. The number of hydrogen-bond acceptors (Lipinski definition) is 3. The maximum atomic E-state index is 9.55. The summed E-state index contributed by atoms with van der Waals surface area (Å²) < 4.78 is 10.1. The van der Waals surface area contributed by atoms with E-state index in [9.17, 15) is 5.11 Å². The van der Waals surface area contributed by atoms with Gasteiger partial charge in [0.2, 0.25) is 0 Å². The zero-order chi connectivity index (χ0) is 10.6. The molecule has 4 heteroatoms. The maximum Gasteiger partial charge on any atom is 0.128 e. The van der Waals surface area contributed by atoms with Crippen LogP contribution in [0.15, 0.2) is 18.2 Å². The highest BCUT2D eigenvalue weighted by atomic mass is 35.5. The molecule has 0 aliphatic heterocycles. The topological polar surface area (TPSA) is 38.7 Å². The number of aliphatic hydroxyl groups excluding tert-OH is 1. The molecule has 0 aliphatic carbocycles. The van der Waals surface area contributed by atoms with Gasteiger partial charge in [-0.15, -0.1) is 11.6 Å². The third-order valence-corrected chi connectivity index (χ3v) is 2.24. The van der Waals surface area contributed by atoms with Gasteiger partial charge < -0.3 is 14.6 Å². The molecule has 0 saturated carbocycles. The van der Waals surface area contributed by atoms with E-state index in [0.717, 1.165) is 0 Å². The van der Waals surface area contributed by atoms with Crippen LogP contribution in [0.3, 0.4) is 0 Å². The fraction of sp³-hybridized carbons (Fsp3) is 0.400. The number of aliphatic hydroxyl groups is 1. The molecule has 0 spiro atoms. The molecule has 0 saturated heterocycles. The summed E-state index contributed by atoms with van der Waals surface area (Å²) in [6, 6.07) is 5.21. The molecule has 78 valence electrons. The first kappa shape index (κ1) is 11.1. The van der Waals surface area contributed by atoms with Crippen molar-refractivity contribution >= 4 is 11.6 Å². The van der Waals surface area contributed by atoms with E-state index < -0.39 is 6.10 Å². The molecule has 0 bridgehead atoms. The van der Waals surface area contributed by atoms with E-state index in [1.165, 1.54) is 0 Å². The number of benzene rings is 1. The molecular weight excluding hydrogens is 204 g/mol. The third-order valence-electron chi connectivity index (χ3n) is 1.95. The largest absolute Gasteiger partial charge is 0.497 e. The molecule has 14 heavy (non-hydrogen) atoms. The molecule has 0 heterocycles. The zero-order valence-corrected chi connectivity index (χ0v) is 8.91. The van der Waals surface area contributed by atoms with E-state index in [-0.39, 0.29) is 5.88 Å². The van der Waals surface area contributed by atoms with Gasteiger partial charge >= 0.3 is 0 Å². The van der Waals surface area contributed by atoms with Crippen LogP contribution in [0.4, 0.5) is 0 Å². The van der Waals surface area contributed by atoms with Gasteiger partial charge in [-0.2, -0.15) is 0 Å². The fourth-order valence-corrected chi connectivity index (χ4v) is 1.34. The molecule has 0 fully saturated rings. The van der Waals surface area contributed by atoms with Gasteiger partial charge in [-0.1, -0.05) is 0 Å². The number of rotatable bonds is 4. The van der Waals surface area contributed by atoms with E-state index in [0.29, 0.717) is 17.1 Å². The van der Waals surface area contributed by atoms with Crippen molar-refractivity contribution in [3.63, 3.8) is 0 Å². The Kier molecular flexibility index (Phi) is 4.04. The predicted molar refractivity (Wildman–Crippen MR) is 55.2 cm³/mol. The van der Waals surface area contributed by atoms with Gasteiger partial charge in [0.1, 0.15) is 11.5 Å². The number of hydrogen-bond donors (Lipinski definition) is 1. The normalized spacial score (nSPS) is 12.3. The lowest BCUT2D eigenvalue weighted by Crippen LogP contribution is -2.02. The van der Waals surface area contributed by atoms with Gasteiger partial charge in [-0.25, -0.2) is 0 Å². The average Bonchev–Trinajstić information content (AvgIpc) is 2.27. The monoisotopic (exact) mass is 216 g/mol. The van der Waals surface area contributed by atoms with Gasteiger partial charge in [-0.05, 0) is 12.1 Å². The Morgan fingerprint density at radius 2 is 2.07 bits per heavy atom. The Bertz CT molecular complexity index is 301. The second-order valence-electron chi connectivity index (χ2n) is 2.78. The highest BCUT2D eigenvalue weighted by Crippen LogP contribution is 2.29. The Balaban J connectivity index is 3.04. The molecule has 1 unspecified atom stereocenters. The summed E-state index contributed by atoms with van der Waals surface area (Å²) in [5.41, 5.74) is 0.670. The molecule has 3 nitrogen and oxygen atoms in total. The summed E-state index contributed by atoms with van der Waals surface area (Å²) in [6.07, 6.45) is -0.711. The van der Waals surface area contributed by atoms with Gasteiger partial charge in [-0.3, -0.25) is 0 Å². The first-order valence-corrected chi connectivity index (χ1v) is 4.72. The van der Waals surface area contributed by atoms with E-state index in [4.69, 9.17) is 21.1 Å². The van der Waals surface area contributed by atoms with Crippen LogP contribution in [0.1, 0.15) is 11.7 Å². The second-order valence-corrected chi connectivity index (χ2v) is 3.09. The van der Waals surface area contributed by atoms with E-state index in [1.54, 1.807) is 32.4 Å². The predicted octanol–water partition coefficient (Wildman–Crippen LogP) is 1.98. The first-order chi connectivity index (χ1) is 6.72. The Labute approximate surface area is 88.2 Å². The molecular formula is C10H13ClO3. The zero-order valence-electron chi connectivity index (χ0n) is 8.16. The summed E-state index contributed by atoms with van der Waals surface area (Å²) in [7, 11) is 3.12. The molecule has 1 aromatic carbocycles. The van der Waals surface area contributed by atoms with Crippen LogP contribution in [0, 0.1) is 0 Å². The summed E-state index contributed by atoms with van der Waals surface area (Å²) in [4.78, 5) is 0. The van der Waals surface area contributed by atoms with E-state index in [2.05, 4.69) is 0 Å². The Hall–Kier alpha value is -0.930. The summed E-state index contributed by atoms with van der Waals surface area (Å²) in [5, 5.41) is 9.55. The van der Waals surface area contributed by atoms with Crippen LogP contribution in [0.2, 0.25) is 0 Å². The minimum atomic E-state index is -0.711. The number of methoxy groups -OCH3 is 2. The van der Waals surface area contributed by atoms with Crippen molar-refractivity contribution in [2.24, 2.45) is 0 Å². The Morgan fingerprint density at radius 3 is 2.57 bits per heavy atom. The molecule has 0 amide bonds. The summed E-state index contributed by atoms with van der Waals surface area (Å²) in [5.74, 6) is 1.41. The van der Waals surface area contributed by atoms with Gasteiger partial charge in [0, 0.05) is 11.6 Å². The molecule has 1 N–H and O–H groups in total. The second kappa shape index (κ2) is 5.08. The highest BCUT2D eigenvalue weighted by Gasteiger charge is 2.12. The smallest absolute Gasteiger partial charge is 0.128 e. The van der Waals surface area contributed by atoms with Crippen molar-refractivity contribution in [1.29, 1.82) is 0 Å². The van der Waals surface area contributed by atoms with Crippen LogP contribution >= 0.6 is 11.6 Å². The minimum absolute atomic E-state index is 0.142. The van der Waals surface area contributed by atoms with Crippen LogP contribution < -0.4 is 9.47 Å². The van der Waals surface area contributed by atoms with Crippen LogP contribution in [0.25, 0.3) is 0 Å². The van der Waals surface area contributed by atoms with Crippen molar-refractivity contribution in [2.45, 2.75) is 6.10 Å². The molecule has 0 aromatic heterocycles. The van der Waals surface area contributed by atoms with Crippen molar-refractivity contribution < 1.29 is 14.6 Å². The fourth-order valence-electron chi connectivity index (χ4n) is 1.18. The summed E-state index contributed by atoms with van der Waals surface area (Å²) >= 11 is 5.55. The third kappa shape index (κ3) is 2.30. The van der Waals surface area contributed by atoms with Crippen LogP contribution in [-0.4, -0.2) is 25.2 Å². The average molecular weight is 217 g/mol. The summed E-state index contributed by atoms with van der Waals surface area (Å²) in [6.45, 7) is 0. The lowest BCUT2D eigenvalue weighted by atomic mass is 10.1. The van der Waals surface area contributed by atoms with E-state index in [1.807, 2.05) is 0 Å². The molecule has 1 aromatic rings. The lowest BCUT2D eigenvalue weighted by molar-refractivity contribution is 0.197. The van der Waals surface area contributed by atoms with Crippen molar-refractivity contribution in [3.8, 4) is 11.5 Å². The quantitative estimate of drug-likeness (QED) is 0.783. The number of alkyl halides is 1. The first-order valence-electron chi connectivity index (χ1n) is 4.19. The van der Waals surface area contributed by atoms with Gasteiger partial charge in [0.25, 0.3) is 0 Å². The minimum Gasteiger partial charge on any atom is -0.497 e. The van der Waals surface area contributed by atoms with Crippen molar-refractivity contribution in [2.75, 3.05) is 20.1 Å². The number of halogens is 1. The van der Waals surface area contributed by atoms with Crippen LogP contribution in [0.5, 0.6) is 11.5 Å². The van der Waals surface area contributed by atoms with Crippen molar-refractivity contribution in [1.82, 2.24) is 0 Å². The number of ether oxygens (including phenoxy) is 2. The highest BCUT2D eigenvalue weighted by molar-refractivity contribution is 6.18. The van der Waals surface area contributed by atoms with Crippen molar-refractivity contribution in [3.05, 3.63) is 23.8 Å². The standard InChI is InChI=1S/C10H13ClO3/c1-13-7-3-4-8(9(12)6-11)10(5-7)14-2/h3-5,9,12H,6H2,1-2H3. The maximum absolute atomic E-state index is 9.55. The lowest BCUT2D eigenvalue weighted by Gasteiger charge is -2.13.